The quantitative estimate of drug-likeness (QED) is 0.672. The van der Waals surface area contributed by atoms with E-state index in [0.717, 1.165) is 0 Å². The molecule has 92 valence electrons. The first-order valence-corrected chi connectivity index (χ1v) is 4.98. The molecule has 6 nitrogen and oxygen atoms in total. The Kier molecular flexibility index (Phi) is 4.33. The summed E-state index contributed by atoms with van der Waals surface area (Å²) in [4.78, 5) is 22.0. The second-order valence-corrected chi connectivity index (χ2v) is 3.36. The molecule has 1 aromatic carbocycles. The Labute approximate surface area is 98.4 Å². The molecule has 0 atom stereocenters. The van der Waals surface area contributed by atoms with Crippen molar-refractivity contribution in [2.45, 2.75) is 6.42 Å². The van der Waals surface area contributed by atoms with Crippen LogP contribution in [0.25, 0.3) is 0 Å². The average Bonchev–Trinajstić information content (AvgIpc) is 2.28. The van der Waals surface area contributed by atoms with Crippen LogP contribution in [0.5, 0.6) is 11.5 Å². The van der Waals surface area contributed by atoms with Gasteiger partial charge in [-0.05, 0) is 18.2 Å². The first kappa shape index (κ1) is 12.8. The minimum atomic E-state index is -0.483. The third-order valence-corrected chi connectivity index (χ3v) is 2.10. The smallest absolute Gasteiger partial charge is 0.251 e. The Balaban J connectivity index is 2.63. The van der Waals surface area contributed by atoms with E-state index in [2.05, 4.69) is 5.32 Å². The molecule has 0 heterocycles. The number of hydrogen-bond donors (Lipinski definition) is 3. The molecule has 1 aromatic rings. The minimum Gasteiger partial charge on any atom is -0.504 e. The maximum absolute atomic E-state index is 11.6. The van der Waals surface area contributed by atoms with Gasteiger partial charge in [0.15, 0.2) is 11.5 Å². The molecule has 0 saturated carbocycles. The summed E-state index contributed by atoms with van der Waals surface area (Å²) in [7, 11) is 1.42. The van der Waals surface area contributed by atoms with Gasteiger partial charge in [-0.15, -0.1) is 0 Å². The number of carbonyl (C=O) groups is 2. The Morgan fingerprint density at radius 3 is 2.71 bits per heavy atom. The van der Waals surface area contributed by atoms with E-state index in [1.54, 1.807) is 0 Å². The molecule has 2 amide bonds. The zero-order chi connectivity index (χ0) is 12.8. The third-order valence-electron chi connectivity index (χ3n) is 2.10. The van der Waals surface area contributed by atoms with Crippen molar-refractivity contribution in [1.29, 1.82) is 0 Å². The Morgan fingerprint density at radius 1 is 1.47 bits per heavy atom. The normalized spacial score (nSPS) is 9.71. The number of methoxy groups -OCH3 is 1. The van der Waals surface area contributed by atoms with Crippen molar-refractivity contribution in [1.82, 2.24) is 5.32 Å². The predicted molar refractivity (Wildman–Crippen MR) is 60.8 cm³/mol. The summed E-state index contributed by atoms with van der Waals surface area (Å²) in [5.74, 6) is -0.694. The number of primary amides is 1. The molecule has 0 spiro atoms. The van der Waals surface area contributed by atoms with Gasteiger partial charge in [0.1, 0.15) is 0 Å². The van der Waals surface area contributed by atoms with Crippen LogP contribution in [0.15, 0.2) is 18.2 Å². The molecule has 0 aliphatic rings. The molecule has 0 aliphatic heterocycles. The molecule has 0 bridgehead atoms. The number of aromatic hydroxyl groups is 1. The largest absolute Gasteiger partial charge is 0.504 e. The van der Waals surface area contributed by atoms with Crippen molar-refractivity contribution in [3.63, 3.8) is 0 Å². The van der Waals surface area contributed by atoms with Crippen LogP contribution < -0.4 is 15.8 Å². The highest BCUT2D eigenvalue weighted by molar-refractivity contribution is 5.95. The molecule has 0 saturated heterocycles. The Hall–Kier alpha value is -2.24. The van der Waals surface area contributed by atoms with Crippen LogP contribution in [-0.4, -0.2) is 30.6 Å². The highest BCUT2D eigenvalue weighted by Gasteiger charge is 2.09. The number of phenols is 1. The van der Waals surface area contributed by atoms with Gasteiger partial charge in [-0.25, -0.2) is 0 Å². The van der Waals surface area contributed by atoms with Gasteiger partial charge in [-0.2, -0.15) is 0 Å². The van der Waals surface area contributed by atoms with Crippen LogP contribution in [0.3, 0.4) is 0 Å². The molecule has 4 N–H and O–H groups in total. The number of nitrogens with two attached hydrogens (primary N) is 1. The number of ether oxygens (including phenoxy) is 1. The van der Waals surface area contributed by atoms with Gasteiger partial charge in [0.05, 0.1) is 7.11 Å². The van der Waals surface area contributed by atoms with E-state index < -0.39 is 5.91 Å². The highest BCUT2D eigenvalue weighted by Crippen LogP contribution is 2.25. The van der Waals surface area contributed by atoms with E-state index in [1.165, 1.54) is 25.3 Å². The molecule has 0 aliphatic carbocycles. The molecule has 17 heavy (non-hydrogen) atoms. The van der Waals surface area contributed by atoms with Crippen molar-refractivity contribution in [3.8, 4) is 11.5 Å². The van der Waals surface area contributed by atoms with Gasteiger partial charge in [0.2, 0.25) is 5.91 Å². The first-order valence-electron chi connectivity index (χ1n) is 4.98. The number of nitrogens with one attached hydrogen (secondary N) is 1. The van der Waals surface area contributed by atoms with E-state index in [4.69, 9.17) is 10.5 Å². The van der Waals surface area contributed by atoms with E-state index in [0.29, 0.717) is 5.75 Å². The van der Waals surface area contributed by atoms with Crippen molar-refractivity contribution in [3.05, 3.63) is 23.8 Å². The van der Waals surface area contributed by atoms with Gasteiger partial charge in [-0.3, -0.25) is 9.59 Å². The Bertz CT molecular complexity index is 431. The van der Waals surface area contributed by atoms with Crippen LogP contribution in [0.4, 0.5) is 0 Å². The molecular formula is C11H14N2O4. The number of rotatable bonds is 5. The van der Waals surface area contributed by atoms with Gasteiger partial charge in [0, 0.05) is 18.5 Å². The van der Waals surface area contributed by atoms with Crippen molar-refractivity contribution in [2.75, 3.05) is 13.7 Å². The fourth-order valence-corrected chi connectivity index (χ4v) is 1.23. The number of phenolic OH excluding ortho intramolecular Hbond substituents is 1. The molecule has 6 heteroatoms. The summed E-state index contributed by atoms with van der Waals surface area (Å²) < 4.78 is 4.85. The topological polar surface area (TPSA) is 102 Å². The molecule has 0 radical (unpaired) electrons. The third kappa shape index (κ3) is 3.67. The highest BCUT2D eigenvalue weighted by atomic mass is 16.5. The summed E-state index contributed by atoms with van der Waals surface area (Å²) in [5, 5.41) is 12.0. The number of amides is 2. The second-order valence-electron chi connectivity index (χ2n) is 3.36. The lowest BCUT2D eigenvalue weighted by atomic mass is 10.2. The van der Waals surface area contributed by atoms with Crippen molar-refractivity contribution >= 4 is 11.8 Å². The standard InChI is InChI=1S/C11H14N2O4/c1-17-9-3-2-7(6-8(9)14)11(16)13-5-4-10(12)15/h2-3,6,14H,4-5H2,1H3,(H2,12,15)(H,13,16). The number of hydrogen-bond acceptors (Lipinski definition) is 4. The molecular weight excluding hydrogens is 224 g/mol. The van der Waals surface area contributed by atoms with Crippen LogP contribution in [-0.2, 0) is 4.79 Å². The lowest BCUT2D eigenvalue weighted by Gasteiger charge is -2.06. The number of carbonyl (C=O) groups excluding carboxylic acids is 2. The van der Waals surface area contributed by atoms with Gasteiger partial charge >= 0.3 is 0 Å². The Morgan fingerprint density at radius 2 is 2.18 bits per heavy atom. The maximum Gasteiger partial charge on any atom is 0.251 e. The van der Waals surface area contributed by atoms with Gasteiger partial charge < -0.3 is 20.9 Å². The minimum absolute atomic E-state index is 0.0773. The second kappa shape index (κ2) is 5.74. The molecule has 0 fully saturated rings. The SMILES string of the molecule is COc1ccc(C(=O)NCCC(N)=O)cc1O. The molecule has 0 aromatic heterocycles. The van der Waals surface area contributed by atoms with Crippen LogP contribution >= 0.6 is 0 Å². The summed E-state index contributed by atoms with van der Waals surface area (Å²) in [6.45, 7) is 0.168. The van der Waals surface area contributed by atoms with E-state index in [9.17, 15) is 14.7 Å². The lowest BCUT2D eigenvalue weighted by Crippen LogP contribution is -2.27. The van der Waals surface area contributed by atoms with Gasteiger partial charge in [-0.1, -0.05) is 0 Å². The summed E-state index contributed by atoms with van der Waals surface area (Å²) in [6.07, 6.45) is 0.0773. The van der Waals surface area contributed by atoms with Crippen molar-refractivity contribution < 1.29 is 19.4 Å². The summed E-state index contributed by atoms with van der Waals surface area (Å²) in [5.41, 5.74) is 5.22. The average molecular weight is 238 g/mol. The maximum atomic E-state index is 11.6. The van der Waals surface area contributed by atoms with E-state index in [-0.39, 0.29) is 30.2 Å². The predicted octanol–water partition coefficient (Wildman–Crippen LogP) is 0.00600. The van der Waals surface area contributed by atoms with Crippen LogP contribution in [0.2, 0.25) is 0 Å². The first-order chi connectivity index (χ1) is 8.04. The van der Waals surface area contributed by atoms with Crippen molar-refractivity contribution in [2.24, 2.45) is 5.73 Å². The molecule has 0 unspecified atom stereocenters. The lowest BCUT2D eigenvalue weighted by molar-refractivity contribution is -0.117. The summed E-state index contributed by atoms with van der Waals surface area (Å²) >= 11 is 0. The fourth-order valence-electron chi connectivity index (χ4n) is 1.23. The van der Waals surface area contributed by atoms with Gasteiger partial charge in [0.25, 0.3) is 5.91 Å². The van der Waals surface area contributed by atoms with Crippen LogP contribution in [0.1, 0.15) is 16.8 Å². The molecule has 1 rings (SSSR count). The monoisotopic (exact) mass is 238 g/mol. The zero-order valence-corrected chi connectivity index (χ0v) is 9.40. The van der Waals surface area contributed by atoms with Crippen LogP contribution in [0, 0.1) is 0 Å². The number of benzene rings is 1. The fraction of sp³-hybridized carbons (Fsp3) is 0.273. The zero-order valence-electron chi connectivity index (χ0n) is 9.40. The van der Waals surface area contributed by atoms with E-state index in [1.807, 2.05) is 0 Å². The summed E-state index contributed by atoms with van der Waals surface area (Å²) in [6, 6.07) is 4.29. The van der Waals surface area contributed by atoms with E-state index >= 15 is 0 Å².